The third kappa shape index (κ3) is 7.32. The molecule has 0 aromatic heterocycles. The van der Waals surface area contributed by atoms with Crippen molar-refractivity contribution in [2.45, 2.75) is 64.6 Å². The van der Waals surface area contributed by atoms with Crippen molar-refractivity contribution in [3.05, 3.63) is 107 Å². The summed E-state index contributed by atoms with van der Waals surface area (Å²) in [7, 11) is 2.01. The van der Waals surface area contributed by atoms with Gasteiger partial charge in [0.2, 0.25) is 5.91 Å². The summed E-state index contributed by atoms with van der Waals surface area (Å²) in [5.41, 5.74) is 4.66. The van der Waals surface area contributed by atoms with Crippen LogP contribution in [0, 0.1) is 5.92 Å². The van der Waals surface area contributed by atoms with E-state index in [4.69, 9.17) is 9.47 Å². The van der Waals surface area contributed by atoms with Crippen molar-refractivity contribution in [2.75, 3.05) is 13.6 Å². The van der Waals surface area contributed by atoms with Gasteiger partial charge in [-0.1, -0.05) is 85.8 Å². The van der Waals surface area contributed by atoms with Crippen LogP contribution in [0.3, 0.4) is 0 Å². The normalized spacial score (nSPS) is 22.8. The number of likely N-dealkylation sites (N-methyl/N-ethyl adjacent to an activating group) is 1. The molecule has 7 nitrogen and oxygen atoms in total. The van der Waals surface area contributed by atoms with E-state index in [0.29, 0.717) is 13.1 Å². The molecule has 1 fully saturated rings. The number of carbonyl (C=O) groups is 1. The third-order valence-corrected chi connectivity index (χ3v) is 7.68. The Morgan fingerprint density at radius 3 is 2.18 bits per heavy atom. The number of carbonyl (C=O) groups excluding carboxylic acids is 1. The molecule has 6 atom stereocenters. The van der Waals surface area contributed by atoms with Crippen molar-refractivity contribution in [3.8, 4) is 0 Å². The Morgan fingerprint density at radius 2 is 1.56 bits per heavy atom. The van der Waals surface area contributed by atoms with Crippen LogP contribution in [0.2, 0.25) is 0 Å². The molecule has 3 N–H and O–H groups in total. The molecule has 0 radical (unpaired) electrons. The topological polar surface area (TPSA) is 91.3 Å². The number of amides is 1. The van der Waals surface area contributed by atoms with Crippen LogP contribution in [-0.2, 0) is 27.4 Å². The number of hydrogen-bond donors (Lipinski definition) is 3. The lowest BCUT2D eigenvalue weighted by Gasteiger charge is -2.43. The maximum Gasteiger partial charge on any atom is 0.217 e. The van der Waals surface area contributed by atoms with Gasteiger partial charge in [-0.25, -0.2) is 0 Å². The van der Waals surface area contributed by atoms with Gasteiger partial charge in [0.25, 0.3) is 0 Å². The van der Waals surface area contributed by atoms with Crippen LogP contribution in [0.4, 0.5) is 0 Å². The lowest BCUT2D eigenvalue weighted by atomic mass is 9.89. The van der Waals surface area contributed by atoms with E-state index >= 15 is 0 Å². The monoisotopic (exact) mass is 532 g/mol. The highest BCUT2D eigenvalue weighted by atomic mass is 16.7. The number of aliphatic hydroxyl groups excluding tert-OH is 2. The Balaban J connectivity index is 1.55. The molecule has 1 aliphatic heterocycles. The minimum atomic E-state index is -0.625. The molecule has 39 heavy (non-hydrogen) atoms. The summed E-state index contributed by atoms with van der Waals surface area (Å²) in [5, 5.41) is 23.3. The molecule has 1 amide bonds. The number of rotatable bonds is 10. The van der Waals surface area contributed by atoms with Crippen LogP contribution in [0.15, 0.2) is 78.9 Å². The smallest absolute Gasteiger partial charge is 0.217 e. The molecule has 0 saturated carbocycles. The molecule has 0 unspecified atom stereocenters. The minimum Gasteiger partial charge on any atom is -0.392 e. The highest BCUT2D eigenvalue weighted by Crippen LogP contribution is 2.42. The standard InChI is InChI=1S/C32H40N2O5/c1-21-29(19-34(4)22(2)30(37)26-8-6-5-7-9-26)38-32(28-16-10-24(11-17-28)18-33-23(3)36)39-31(21)27-14-12-25(20-35)13-15-27/h5-17,21-22,29-32,35,37H,18-20H2,1-4H3,(H,33,36)/t21-,22-,29+,30-,31+,32+/m0/s1. The fourth-order valence-corrected chi connectivity index (χ4v) is 4.97. The Kier molecular flexibility index (Phi) is 9.88. The number of ether oxygens (including phenoxy) is 2. The molecule has 7 heteroatoms. The fourth-order valence-electron chi connectivity index (χ4n) is 4.97. The number of hydrogen-bond acceptors (Lipinski definition) is 6. The van der Waals surface area contributed by atoms with Crippen LogP contribution in [0.1, 0.15) is 67.1 Å². The van der Waals surface area contributed by atoms with Crippen molar-refractivity contribution in [1.82, 2.24) is 10.2 Å². The molecule has 3 aromatic carbocycles. The van der Waals surface area contributed by atoms with Gasteiger partial charge in [0.15, 0.2) is 6.29 Å². The molecule has 0 bridgehead atoms. The van der Waals surface area contributed by atoms with Gasteiger partial charge in [-0.3, -0.25) is 9.69 Å². The summed E-state index contributed by atoms with van der Waals surface area (Å²) in [5.74, 6) is -0.0376. The average Bonchev–Trinajstić information content (AvgIpc) is 2.97. The number of nitrogens with one attached hydrogen (secondary N) is 1. The Labute approximate surface area is 231 Å². The highest BCUT2D eigenvalue weighted by Gasteiger charge is 2.39. The molecule has 4 rings (SSSR count). The molecule has 0 aliphatic carbocycles. The van der Waals surface area contributed by atoms with E-state index in [-0.39, 0.29) is 36.7 Å². The van der Waals surface area contributed by atoms with Crippen molar-refractivity contribution < 1.29 is 24.5 Å². The zero-order valence-electron chi connectivity index (χ0n) is 23.2. The van der Waals surface area contributed by atoms with Crippen molar-refractivity contribution in [3.63, 3.8) is 0 Å². The van der Waals surface area contributed by atoms with E-state index in [2.05, 4.69) is 17.1 Å². The van der Waals surface area contributed by atoms with Gasteiger partial charge < -0.3 is 25.0 Å². The summed E-state index contributed by atoms with van der Waals surface area (Å²) in [6.07, 6.45) is -1.59. The Hall–Kier alpha value is -3.07. The quantitative estimate of drug-likeness (QED) is 0.352. The van der Waals surface area contributed by atoms with Gasteiger partial charge in [0.05, 0.1) is 24.9 Å². The zero-order valence-corrected chi connectivity index (χ0v) is 23.2. The zero-order chi connectivity index (χ0) is 27.9. The molecule has 1 heterocycles. The first kappa shape index (κ1) is 28.9. The maximum absolute atomic E-state index is 11.3. The van der Waals surface area contributed by atoms with Crippen LogP contribution < -0.4 is 5.32 Å². The summed E-state index contributed by atoms with van der Waals surface area (Å²) in [6.45, 7) is 6.73. The lowest BCUT2D eigenvalue weighted by Crippen LogP contribution is -2.46. The second-order valence-corrected chi connectivity index (χ2v) is 10.5. The van der Waals surface area contributed by atoms with Crippen LogP contribution in [0.25, 0.3) is 0 Å². The predicted molar refractivity (Wildman–Crippen MR) is 150 cm³/mol. The highest BCUT2D eigenvalue weighted by molar-refractivity contribution is 5.72. The SMILES string of the molecule is CC(=O)NCc1ccc([C@@H]2O[C@H](CN(C)[C@@H](C)[C@H](O)c3ccccc3)[C@H](C)[C@H](c3ccc(CO)cc3)O2)cc1. The number of nitrogens with zero attached hydrogens (tertiary/aromatic N) is 1. The van der Waals surface area contributed by atoms with E-state index in [1.54, 1.807) is 0 Å². The first-order valence-corrected chi connectivity index (χ1v) is 13.5. The molecule has 1 aliphatic rings. The van der Waals surface area contributed by atoms with Gasteiger partial charge in [0.1, 0.15) is 0 Å². The van der Waals surface area contributed by atoms with E-state index in [1.807, 2.05) is 92.8 Å². The Morgan fingerprint density at radius 1 is 0.949 bits per heavy atom. The molecule has 3 aromatic rings. The third-order valence-electron chi connectivity index (χ3n) is 7.68. The Bertz CT molecular complexity index is 1190. The van der Waals surface area contributed by atoms with Gasteiger partial charge in [-0.05, 0) is 36.2 Å². The van der Waals surface area contributed by atoms with Crippen molar-refractivity contribution >= 4 is 5.91 Å². The number of benzene rings is 3. The largest absolute Gasteiger partial charge is 0.392 e. The van der Waals surface area contributed by atoms with Gasteiger partial charge in [0, 0.05) is 37.5 Å². The summed E-state index contributed by atoms with van der Waals surface area (Å²) >= 11 is 0. The minimum absolute atomic E-state index is 0.00697. The molecular formula is C32H40N2O5. The second-order valence-electron chi connectivity index (χ2n) is 10.5. The fraction of sp³-hybridized carbons (Fsp3) is 0.406. The summed E-state index contributed by atoms with van der Waals surface area (Å²) < 4.78 is 13.1. The van der Waals surface area contributed by atoms with Crippen LogP contribution >= 0.6 is 0 Å². The average molecular weight is 533 g/mol. The summed E-state index contributed by atoms with van der Waals surface area (Å²) in [6, 6.07) is 25.4. The maximum atomic E-state index is 11.3. The number of aliphatic hydroxyl groups is 2. The molecule has 208 valence electrons. The summed E-state index contributed by atoms with van der Waals surface area (Å²) in [4.78, 5) is 13.4. The lowest BCUT2D eigenvalue weighted by molar-refractivity contribution is -0.276. The predicted octanol–water partition coefficient (Wildman–Crippen LogP) is 4.66. The van der Waals surface area contributed by atoms with Crippen molar-refractivity contribution in [1.29, 1.82) is 0 Å². The van der Waals surface area contributed by atoms with Gasteiger partial charge in [-0.2, -0.15) is 0 Å². The van der Waals surface area contributed by atoms with Gasteiger partial charge in [-0.15, -0.1) is 0 Å². The van der Waals surface area contributed by atoms with E-state index < -0.39 is 12.4 Å². The van der Waals surface area contributed by atoms with E-state index in [1.165, 1.54) is 6.92 Å². The molecular weight excluding hydrogens is 492 g/mol. The first-order chi connectivity index (χ1) is 18.8. The molecule has 0 spiro atoms. The van der Waals surface area contributed by atoms with Crippen LogP contribution in [0.5, 0.6) is 0 Å². The van der Waals surface area contributed by atoms with E-state index in [9.17, 15) is 15.0 Å². The van der Waals surface area contributed by atoms with Gasteiger partial charge >= 0.3 is 0 Å². The second kappa shape index (κ2) is 13.3. The van der Waals surface area contributed by atoms with Crippen LogP contribution in [-0.4, -0.2) is 46.8 Å². The first-order valence-electron chi connectivity index (χ1n) is 13.5. The van der Waals surface area contributed by atoms with E-state index in [0.717, 1.165) is 27.8 Å². The van der Waals surface area contributed by atoms with Crippen molar-refractivity contribution in [2.24, 2.45) is 5.92 Å². The molecule has 1 saturated heterocycles.